The van der Waals surface area contributed by atoms with Crippen LogP contribution in [0.3, 0.4) is 0 Å². The van der Waals surface area contributed by atoms with Crippen molar-refractivity contribution in [2.24, 2.45) is 5.73 Å². The lowest BCUT2D eigenvalue weighted by Gasteiger charge is -2.30. The molecule has 0 spiro atoms. The summed E-state index contributed by atoms with van der Waals surface area (Å²) in [6.45, 7) is 0.268. The summed E-state index contributed by atoms with van der Waals surface area (Å²) in [6.07, 6.45) is 6.34. The molecule has 19 heavy (non-hydrogen) atoms. The van der Waals surface area contributed by atoms with E-state index in [-0.39, 0.29) is 12.6 Å². The van der Waals surface area contributed by atoms with Gasteiger partial charge >= 0.3 is 0 Å². The van der Waals surface area contributed by atoms with Crippen LogP contribution in [-0.4, -0.2) is 26.0 Å². The monoisotopic (exact) mass is 320 g/mol. The predicted molar refractivity (Wildman–Crippen MR) is 82.1 cm³/mol. The first-order valence-corrected chi connectivity index (χ1v) is 10.0. The zero-order valence-corrected chi connectivity index (χ0v) is 13.4. The average Bonchev–Trinajstić information content (AvgIpc) is 2.88. The quantitative estimate of drug-likeness (QED) is 0.872. The van der Waals surface area contributed by atoms with E-state index in [2.05, 4.69) is 4.72 Å². The van der Waals surface area contributed by atoms with Crippen LogP contribution in [0, 0.1) is 0 Å². The van der Waals surface area contributed by atoms with Crippen molar-refractivity contribution in [3.8, 4) is 0 Å². The summed E-state index contributed by atoms with van der Waals surface area (Å²) in [6, 6.07) is 1.69. The second-order valence-electron chi connectivity index (χ2n) is 4.70. The Morgan fingerprint density at radius 2 is 2.21 bits per heavy atom. The van der Waals surface area contributed by atoms with E-state index in [9.17, 15) is 8.42 Å². The van der Waals surface area contributed by atoms with Gasteiger partial charge in [0.2, 0.25) is 10.0 Å². The molecule has 0 amide bonds. The third-order valence-electron chi connectivity index (χ3n) is 3.49. The van der Waals surface area contributed by atoms with E-state index in [4.69, 9.17) is 5.73 Å². The van der Waals surface area contributed by atoms with Gasteiger partial charge in [-0.2, -0.15) is 11.8 Å². The Labute approximate surface area is 123 Å². The molecule has 0 saturated heterocycles. The van der Waals surface area contributed by atoms with Crippen LogP contribution in [0.2, 0.25) is 0 Å². The van der Waals surface area contributed by atoms with E-state index < -0.39 is 10.0 Å². The molecule has 1 heterocycles. The van der Waals surface area contributed by atoms with Crippen molar-refractivity contribution in [2.45, 2.75) is 48.4 Å². The SMILES string of the molecule is CSC1CCCCC1NS(=O)(=O)c1ccsc1CN. The standard InChI is InChI=1S/C12H20N2O2S3/c1-17-10-5-3-2-4-9(10)14-19(15,16)12-6-7-18-11(12)8-13/h6-7,9-10,14H,2-5,8,13H2,1H3. The molecule has 1 aliphatic rings. The molecule has 3 N–H and O–H groups in total. The first kappa shape index (κ1) is 15.3. The number of hydrogen-bond donors (Lipinski definition) is 2. The van der Waals surface area contributed by atoms with Crippen molar-refractivity contribution in [2.75, 3.05) is 6.26 Å². The van der Waals surface area contributed by atoms with Crippen LogP contribution >= 0.6 is 23.1 Å². The Balaban J connectivity index is 2.16. The number of rotatable bonds is 5. The third-order valence-corrected chi connectivity index (χ3v) is 7.31. The fourth-order valence-electron chi connectivity index (χ4n) is 2.49. The van der Waals surface area contributed by atoms with Crippen molar-refractivity contribution in [1.29, 1.82) is 0 Å². The van der Waals surface area contributed by atoms with Crippen molar-refractivity contribution in [3.05, 3.63) is 16.3 Å². The first-order chi connectivity index (χ1) is 9.08. The summed E-state index contributed by atoms with van der Waals surface area (Å²) < 4.78 is 27.7. The van der Waals surface area contributed by atoms with Crippen LogP contribution in [0.4, 0.5) is 0 Å². The molecule has 1 saturated carbocycles. The molecule has 1 fully saturated rings. The van der Waals surface area contributed by atoms with Gasteiger partial charge in [-0.25, -0.2) is 13.1 Å². The Bertz CT molecular complexity index is 513. The minimum atomic E-state index is -3.44. The third kappa shape index (κ3) is 3.52. The molecule has 1 aliphatic carbocycles. The minimum absolute atomic E-state index is 0.0410. The Kier molecular flexibility index (Phi) is 5.30. The van der Waals surface area contributed by atoms with Gasteiger partial charge in [0.15, 0.2) is 0 Å². The van der Waals surface area contributed by atoms with E-state index in [1.165, 1.54) is 17.8 Å². The highest BCUT2D eigenvalue weighted by atomic mass is 32.2. The van der Waals surface area contributed by atoms with Crippen LogP contribution in [0.1, 0.15) is 30.6 Å². The molecule has 4 nitrogen and oxygen atoms in total. The second kappa shape index (κ2) is 6.58. The number of sulfonamides is 1. The predicted octanol–water partition coefficient (Wildman–Crippen LogP) is 2.16. The Morgan fingerprint density at radius 3 is 2.89 bits per heavy atom. The Morgan fingerprint density at radius 1 is 1.47 bits per heavy atom. The van der Waals surface area contributed by atoms with Gasteiger partial charge in [0.25, 0.3) is 0 Å². The van der Waals surface area contributed by atoms with Gasteiger partial charge in [0.1, 0.15) is 0 Å². The molecule has 0 radical (unpaired) electrons. The van der Waals surface area contributed by atoms with E-state index in [0.717, 1.165) is 24.1 Å². The maximum absolute atomic E-state index is 12.4. The second-order valence-corrected chi connectivity index (χ2v) is 8.46. The Hall–Kier alpha value is -0.0800. The van der Waals surface area contributed by atoms with Crippen molar-refractivity contribution in [3.63, 3.8) is 0 Å². The van der Waals surface area contributed by atoms with Gasteiger partial charge in [-0.3, -0.25) is 0 Å². The normalized spacial score (nSPS) is 24.5. The largest absolute Gasteiger partial charge is 0.326 e. The van der Waals surface area contributed by atoms with Crippen molar-refractivity contribution >= 4 is 33.1 Å². The number of thioether (sulfide) groups is 1. The molecule has 0 aromatic carbocycles. The molecule has 1 aromatic rings. The summed E-state index contributed by atoms with van der Waals surface area (Å²) >= 11 is 3.15. The number of hydrogen-bond acceptors (Lipinski definition) is 5. The van der Waals surface area contributed by atoms with Crippen LogP contribution in [0.25, 0.3) is 0 Å². The molecule has 0 bridgehead atoms. The fourth-order valence-corrected chi connectivity index (χ4v) is 6.16. The molecule has 2 unspecified atom stereocenters. The van der Waals surface area contributed by atoms with E-state index in [1.54, 1.807) is 23.2 Å². The van der Waals surface area contributed by atoms with Crippen LogP contribution in [0.15, 0.2) is 16.3 Å². The molecule has 2 rings (SSSR count). The fraction of sp³-hybridized carbons (Fsp3) is 0.667. The molecule has 108 valence electrons. The van der Waals surface area contributed by atoms with E-state index in [0.29, 0.717) is 10.1 Å². The van der Waals surface area contributed by atoms with Gasteiger partial charge in [-0.1, -0.05) is 12.8 Å². The number of nitrogens with one attached hydrogen (secondary N) is 1. The van der Waals surface area contributed by atoms with Gasteiger partial charge in [0.05, 0.1) is 4.90 Å². The highest BCUT2D eigenvalue weighted by Gasteiger charge is 2.30. The summed E-state index contributed by atoms with van der Waals surface area (Å²) in [4.78, 5) is 1.08. The van der Waals surface area contributed by atoms with Gasteiger partial charge in [0, 0.05) is 22.7 Å². The van der Waals surface area contributed by atoms with Crippen molar-refractivity contribution in [1.82, 2.24) is 4.72 Å². The highest BCUT2D eigenvalue weighted by molar-refractivity contribution is 7.99. The summed E-state index contributed by atoms with van der Waals surface area (Å²) in [5, 5.41) is 2.16. The topological polar surface area (TPSA) is 72.2 Å². The van der Waals surface area contributed by atoms with Crippen molar-refractivity contribution < 1.29 is 8.42 Å². The molecule has 2 atom stereocenters. The van der Waals surface area contributed by atoms with E-state index in [1.807, 2.05) is 6.26 Å². The average molecular weight is 321 g/mol. The van der Waals surface area contributed by atoms with Crippen LogP contribution in [0.5, 0.6) is 0 Å². The molecular weight excluding hydrogens is 300 g/mol. The maximum Gasteiger partial charge on any atom is 0.242 e. The van der Waals surface area contributed by atoms with E-state index >= 15 is 0 Å². The minimum Gasteiger partial charge on any atom is -0.326 e. The van der Waals surface area contributed by atoms with Crippen LogP contribution in [-0.2, 0) is 16.6 Å². The van der Waals surface area contributed by atoms with Gasteiger partial charge in [-0.15, -0.1) is 11.3 Å². The summed E-state index contributed by atoms with van der Waals surface area (Å²) in [5.41, 5.74) is 5.59. The summed E-state index contributed by atoms with van der Waals surface area (Å²) in [7, 11) is -3.44. The first-order valence-electron chi connectivity index (χ1n) is 6.40. The zero-order chi connectivity index (χ0) is 13.9. The lowest BCUT2D eigenvalue weighted by molar-refractivity contribution is 0.423. The molecule has 7 heteroatoms. The molecule has 1 aromatic heterocycles. The zero-order valence-electron chi connectivity index (χ0n) is 11.0. The number of thiophene rings is 1. The highest BCUT2D eigenvalue weighted by Crippen LogP contribution is 2.29. The smallest absolute Gasteiger partial charge is 0.242 e. The summed E-state index contributed by atoms with van der Waals surface area (Å²) in [5.74, 6) is 0. The lowest BCUT2D eigenvalue weighted by atomic mass is 9.96. The molecule has 0 aliphatic heterocycles. The number of nitrogens with two attached hydrogens (primary N) is 1. The lowest BCUT2D eigenvalue weighted by Crippen LogP contribution is -2.43. The molecular formula is C12H20N2O2S3. The van der Waals surface area contributed by atoms with Gasteiger partial charge < -0.3 is 5.73 Å². The van der Waals surface area contributed by atoms with Gasteiger partial charge in [-0.05, 0) is 30.5 Å². The van der Waals surface area contributed by atoms with Crippen LogP contribution < -0.4 is 10.5 Å². The maximum atomic E-state index is 12.4.